The fraction of sp³-hybridized carbons (Fsp3) is 0.0476. The molecule has 0 amide bonds. The highest BCUT2D eigenvalue weighted by atomic mass is 32.2. The first-order chi connectivity index (χ1) is 14.2. The maximum atomic E-state index is 13.2. The number of aromatic nitrogens is 5. The molecule has 0 radical (unpaired) electrons. The van der Waals surface area contributed by atoms with E-state index < -0.39 is 0 Å². The molecule has 6 nitrogen and oxygen atoms in total. The molecule has 8 heteroatoms. The fourth-order valence-electron chi connectivity index (χ4n) is 3.27. The molecule has 0 aliphatic heterocycles. The zero-order valence-corrected chi connectivity index (χ0v) is 15.8. The second-order valence-corrected chi connectivity index (χ2v) is 7.34. The summed E-state index contributed by atoms with van der Waals surface area (Å²) >= 11 is 1.53. The molecule has 1 aromatic carbocycles. The van der Waals surface area contributed by atoms with Crippen molar-refractivity contribution >= 4 is 28.3 Å². The summed E-state index contributed by atoms with van der Waals surface area (Å²) in [4.78, 5) is 8.75. The van der Waals surface area contributed by atoms with Crippen LogP contribution < -0.4 is 0 Å². The van der Waals surface area contributed by atoms with E-state index in [0.29, 0.717) is 17.0 Å². The number of hydrogen-bond acceptors (Lipinski definition) is 5. The van der Waals surface area contributed by atoms with Crippen molar-refractivity contribution < 1.29 is 4.39 Å². The molecular formula is C21H13FN6S. The van der Waals surface area contributed by atoms with Gasteiger partial charge < -0.3 is 4.40 Å². The Kier molecular flexibility index (Phi) is 4.22. The number of pyridine rings is 1. The van der Waals surface area contributed by atoms with Crippen LogP contribution in [0.25, 0.3) is 22.2 Å². The molecule has 29 heavy (non-hydrogen) atoms. The van der Waals surface area contributed by atoms with Gasteiger partial charge in [-0.05, 0) is 42.0 Å². The molecular weight excluding hydrogens is 387 g/mol. The average molecular weight is 400 g/mol. The van der Waals surface area contributed by atoms with Gasteiger partial charge in [0.05, 0.1) is 28.4 Å². The number of rotatable bonds is 4. The van der Waals surface area contributed by atoms with Crippen LogP contribution in [0.1, 0.15) is 11.1 Å². The summed E-state index contributed by atoms with van der Waals surface area (Å²) in [6.45, 7) is 0. The molecule has 5 rings (SSSR count). The molecule has 140 valence electrons. The monoisotopic (exact) mass is 400 g/mol. The number of fused-ring (bicyclic) bond motifs is 2. The van der Waals surface area contributed by atoms with Gasteiger partial charge in [-0.25, -0.2) is 19.0 Å². The summed E-state index contributed by atoms with van der Waals surface area (Å²) in [5.74, 6) is 0.294. The van der Waals surface area contributed by atoms with Gasteiger partial charge in [0.25, 0.3) is 0 Å². The molecule has 0 atom stereocenters. The molecule has 0 N–H and O–H groups in total. The Labute approximate surface area is 169 Å². The minimum Gasteiger partial charge on any atom is -0.322 e. The van der Waals surface area contributed by atoms with Crippen LogP contribution in [0.2, 0.25) is 0 Å². The van der Waals surface area contributed by atoms with E-state index in [2.05, 4.69) is 21.1 Å². The number of thioether (sulfide) groups is 1. The Morgan fingerprint density at radius 3 is 2.79 bits per heavy atom. The van der Waals surface area contributed by atoms with Gasteiger partial charge in [-0.15, -0.1) is 11.8 Å². The third-order valence-corrected chi connectivity index (χ3v) is 5.69. The maximum Gasteiger partial charge on any atom is 0.167 e. The van der Waals surface area contributed by atoms with Crippen LogP contribution >= 0.6 is 11.8 Å². The van der Waals surface area contributed by atoms with Crippen LogP contribution in [-0.2, 0) is 5.75 Å². The molecule has 4 aromatic heterocycles. The normalized spacial score (nSPS) is 11.2. The van der Waals surface area contributed by atoms with Gasteiger partial charge in [-0.2, -0.15) is 10.4 Å². The predicted octanol–water partition coefficient (Wildman–Crippen LogP) is 4.37. The summed E-state index contributed by atoms with van der Waals surface area (Å²) in [6.07, 6.45) is 7.11. The van der Waals surface area contributed by atoms with Crippen molar-refractivity contribution in [3.05, 3.63) is 84.3 Å². The van der Waals surface area contributed by atoms with Crippen molar-refractivity contribution in [1.29, 1.82) is 5.26 Å². The highest BCUT2D eigenvalue weighted by Crippen LogP contribution is 2.30. The van der Waals surface area contributed by atoms with E-state index in [4.69, 9.17) is 0 Å². The Morgan fingerprint density at radius 2 is 1.97 bits per heavy atom. The van der Waals surface area contributed by atoms with Crippen molar-refractivity contribution in [3.8, 4) is 11.8 Å². The molecule has 0 spiro atoms. The number of nitrogens with zero attached hydrogens (tertiary/aromatic N) is 6. The Morgan fingerprint density at radius 1 is 1.10 bits per heavy atom. The largest absolute Gasteiger partial charge is 0.322 e. The summed E-state index contributed by atoms with van der Waals surface area (Å²) in [7, 11) is 0. The molecule has 0 unspecified atom stereocenters. The van der Waals surface area contributed by atoms with Crippen molar-refractivity contribution in [2.75, 3.05) is 0 Å². The first kappa shape index (κ1) is 17.4. The second-order valence-electron chi connectivity index (χ2n) is 6.37. The van der Waals surface area contributed by atoms with Gasteiger partial charge in [0.15, 0.2) is 5.65 Å². The predicted molar refractivity (Wildman–Crippen MR) is 108 cm³/mol. The zero-order chi connectivity index (χ0) is 19.8. The fourth-order valence-corrected chi connectivity index (χ4v) is 4.20. The average Bonchev–Trinajstić information content (AvgIpc) is 3.34. The summed E-state index contributed by atoms with van der Waals surface area (Å²) in [5, 5.41) is 15.6. The van der Waals surface area contributed by atoms with E-state index in [1.54, 1.807) is 23.0 Å². The summed E-state index contributed by atoms with van der Waals surface area (Å²) < 4.78 is 16.8. The van der Waals surface area contributed by atoms with E-state index in [1.165, 1.54) is 30.2 Å². The first-order valence-corrected chi connectivity index (χ1v) is 9.79. The van der Waals surface area contributed by atoms with Crippen LogP contribution in [-0.4, -0.2) is 24.1 Å². The van der Waals surface area contributed by atoms with Crippen LogP contribution in [0.3, 0.4) is 0 Å². The third-order valence-electron chi connectivity index (χ3n) is 4.64. The minimum atomic E-state index is -0.302. The molecule has 0 fully saturated rings. The van der Waals surface area contributed by atoms with Crippen molar-refractivity contribution in [1.82, 2.24) is 24.1 Å². The quantitative estimate of drug-likeness (QED) is 0.331. The maximum absolute atomic E-state index is 13.2. The smallest absolute Gasteiger partial charge is 0.167 e. The topological polar surface area (TPSA) is 71.8 Å². The van der Waals surface area contributed by atoms with Crippen molar-refractivity contribution in [2.24, 2.45) is 0 Å². The van der Waals surface area contributed by atoms with Gasteiger partial charge in [0.2, 0.25) is 0 Å². The Balaban J connectivity index is 1.49. The number of hydrogen-bond donors (Lipinski definition) is 0. The lowest BCUT2D eigenvalue weighted by atomic mass is 10.2. The SMILES string of the molecule is N#Cc1c(CSc2ncnc3c2cnn3-c2ccc(F)cc2)cn2ccccc12. The van der Waals surface area contributed by atoms with E-state index >= 15 is 0 Å². The van der Waals surface area contributed by atoms with E-state index in [0.717, 1.165) is 27.2 Å². The van der Waals surface area contributed by atoms with Crippen LogP contribution in [0.4, 0.5) is 4.39 Å². The minimum absolute atomic E-state index is 0.302. The molecule has 5 aromatic rings. The van der Waals surface area contributed by atoms with Crippen LogP contribution in [0, 0.1) is 17.1 Å². The Hall–Kier alpha value is -3.70. The van der Waals surface area contributed by atoms with Crippen LogP contribution in [0.5, 0.6) is 0 Å². The number of benzene rings is 1. The van der Waals surface area contributed by atoms with E-state index in [-0.39, 0.29) is 5.82 Å². The second kappa shape index (κ2) is 7.04. The zero-order valence-electron chi connectivity index (χ0n) is 15.0. The number of halogens is 1. The van der Waals surface area contributed by atoms with Gasteiger partial charge in [0.1, 0.15) is 23.2 Å². The highest BCUT2D eigenvalue weighted by Gasteiger charge is 2.14. The lowest BCUT2D eigenvalue weighted by Crippen LogP contribution is -1.98. The Bertz CT molecular complexity index is 1380. The molecule has 0 aliphatic rings. The van der Waals surface area contributed by atoms with Gasteiger partial charge in [-0.1, -0.05) is 6.07 Å². The lowest BCUT2D eigenvalue weighted by molar-refractivity contribution is 0.627. The number of nitriles is 1. The molecule has 0 saturated heterocycles. The van der Waals surface area contributed by atoms with Gasteiger partial charge in [-0.3, -0.25) is 0 Å². The van der Waals surface area contributed by atoms with Crippen LogP contribution in [0.15, 0.2) is 72.4 Å². The van der Waals surface area contributed by atoms with E-state index in [1.807, 2.05) is 35.0 Å². The molecule has 0 aliphatic carbocycles. The molecule has 4 heterocycles. The van der Waals surface area contributed by atoms with Gasteiger partial charge >= 0.3 is 0 Å². The first-order valence-electron chi connectivity index (χ1n) is 8.81. The molecule has 0 bridgehead atoms. The molecule has 0 saturated carbocycles. The van der Waals surface area contributed by atoms with Crippen molar-refractivity contribution in [3.63, 3.8) is 0 Å². The van der Waals surface area contributed by atoms with Crippen molar-refractivity contribution in [2.45, 2.75) is 10.8 Å². The standard InChI is InChI=1S/C21H13FN6S/c22-15-4-6-16(7-5-15)28-20-18(10-26-28)21(25-13-24-20)29-12-14-11-27-8-2-1-3-19(27)17(14)9-23/h1-8,10-11,13H,12H2. The lowest BCUT2D eigenvalue weighted by Gasteiger charge is -2.04. The summed E-state index contributed by atoms with van der Waals surface area (Å²) in [5.41, 5.74) is 3.88. The van der Waals surface area contributed by atoms with E-state index in [9.17, 15) is 9.65 Å². The third kappa shape index (κ3) is 3.02. The summed E-state index contributed by atoms with van der Waals surface area (Å²) in [6, 6.07) is 14.2. The highest BCUT2D eigenvalue weighted by molar-refractivity contribution is 7.98. The van der Waals surface area contributed by atoms with Gasteiger partial charge in [0, 0.05) is 18.1 Å².